The van der Waals surface area contributed by atoms with Crippen LogP contribution in [0.5, 0.6) is 5.75 Å². The van der Waals surface area contributed by atoms with Crippen LogP contribution in [0.2, 0.25) is 0 Å². The number of carbonyl (C=O) groups is 1. The largest absolute Gasteiger partial charge is 0.484 e. The smallest absolute Gasteiger partial charge is 0.278 e. The Bertz CT molecular complexity index is 1150. The molecule has 0 aromatic heterocycles. The van der Waals surface area contributed by atoms with Crippen LogP contribution in [0.3, 0.4) is 0 Å². The maximum absolute atomic E-state index is 13.3. The van der Waals surface area contributed by atoms with E-state index in [-0.39, 0.29) is 10.6 Å². The topological polar surface area (TPSA) is 63.7 Å². The van der Waals surface area contributed by atoms with Crippen LogP contribution >= 0.6 is 0 Å². The third-order valence-electron chi connectivity index (χ3n) is 4.89. The van der Waals surface area contributed by atoms with Gasteiger partial charge in [0.25, 0.3) is 15.9 Å². The van der Waals surface area contributed by atoms with Crippen LogP contribution in [-0.4, -0.2) is 20.9 Å². The quantitative estimate of drug-likeness (QED) is 0.575. The van der Waals surface area contributed by atoms with Gasteiger partial charge in [0.2, 0.25) is 0 Å². The third-order valence-corrected chi connectivity index (χ3v) is 6.66. The second-order valence-corrected chi connectivity index (χ2v) is 9.13. The molecule has 0 aliphatic rings. The fourth-order valence-electron chi connectivity index (χ4n) is 2.92. The molecule has 156 valence electrons. The van der Waals surface area contributed by atoms with Gasteiger partial charge in [-0.25, -0.2) is 8.42 Å². The minimum absolute atomic E-state index is 0.0493. The Morgan fingerprint density at radius 3 is 1.93 bits per heavy atom. The van der Waals surface area contributed by atoms with Crippen molar-refractivity contribution in [1.29, 1.82) is 0 Å². The average molecular weight is 424 g/mol. The van der Waals surface area contributed by atoms with Crippen LogP contribution in [0, 0.1) is 27.7 Å². The van der Waals surface area contributed by atoms with E-state index in [2.05, 4.69) is 0 Å². The van der Waals surface area contributed by atoms with E-state index in [1.54, 1.807) is 42.5 Å². The molecular weight excluding hydrogens is 398 g/mol. The number of ether oxygens (including phenoxy) is 1. The first kappa shape index (κ1) is 21.6. The molecule has 3 aromatic carbocycles. The van der Waals surface area contributed by atoms with Gasteiger partial charge < -0.3 is 4.74 Å². The zero-order valence-corrected chi connectivity index (χ0v) is 18.4. The van der Waals surface area contributed by atoms with Gasteiger partial charge in [-0.15, -0.1) is 0 Å². The number of sulfonamides is 1. The normalized spacial score (nSPS) is 11.2. The molecule has 5 nitrogen and oxygen atoms in total. The molecule has 0 aliphatic heterocycles. The van der Waals surface area contributed by atoms with Gasteiger partial charge in [0.1, 0.15) is 5.75 Å². The average Bonchev–Trinajstić information content (AvgIpc) is 2.71. The van der Waals surface area contributed by atoms with Crippen LogP contribution in [0.15, 0.2) is 71.6 Å². The first-order valence-electron chi connectivity index (χ1n) is 9.60. The van der Waals surface area contributed by atoms with Gasteiger partial charge in [0.05, 0.1) is 10.6 Å². The highest BCUT2D eigenvalue weighted by atomic mass is 32.2. The van der Waals surface area contributed by atoms with Crippen molar-refractivity contribution in [2.24, 2.45) is 0 Å². The van der Waals surface area contributed by atoms with E-state index in [0.717, 1.165) is 26.6 Å². The molecule has 0 aliphatic carbocycles. The summed E-state index contributed by atoms with van der Waals surface area (Å²) < 4.78 is 33.1. The zero-order valence-electron chi connectivity index (χ0n) is 17.5. The SMILES string of the molecule is Cc1ccc(N(C(=O)COc2ccc(C)c(C)c2)S(=O)(=O)c2ccc(C)cc2)cc1. The molecule has 0 unspecified atom stereocenters. The zero-order chi connectivity index (χ0) is 21.9. The Hall–Kier alpha value is -3.12. The Morgan fingerprint density at radius 1 is 0.800 bits per heavy atom. The number of hydrogen-bond donors (Lipinski definition) is 0. The van der Waals surface area contributed by atoms with Gasteiger partial charge in [-0.3, -0.25) is 4.79 Å². The minimum Gasteiger partial charge on any atom is -0.484 e. The van der Waals surface area contributed by atoms with Crippen molar-refractivity contribution < 1.29 is 17.9 Å². The summed E-state index contributed by atoms with van der Waals surface area (Å²) in [5.74, 6) is -0.152. The maximum Gasteiger partial charge on any atom is 0.278 e. The van der Waals surface area contributed by atoms with E-state index in [4.69, 9.17) is 4.74 Å². The molecule has 0 atom stereocenters. The van der Waals surface area contributed by atoms with Crippen molar-refractivity contribution in [3.63, 3.8) is 0 Å². The Labute approximate surface area is 178 Å². The summed E-state index contributed by atoms with van der Waals surface area (Å²) in [6.07, 6.45) is 0. The molecule has 0 fully saturated rings. The number of rotatable bonds is 6. The first-order valence-corrected chi connectivity index (χ1v) is 11.0. The number of benzene rings is 3. The molecule has 3 aromatic rings. The van der Waals surface area contributed by atoms with Crippen LogP contribution in [-0.2, 0) is 14.8 Å². The minimum atomic E-state index is -4.10. The molecule has 0 bridgehead atoms. The molecule has 0 saturated heterocycles. The number of nitrogens with zero attached hydrogens (tertiary/aromatic N) is 1. The van der Waals surface area contributed by atoms with E-state index in [0.29, 0.717) is 5.75 Å². The Morgan fingerprint density at radius 2 is 1.37 bits per heavy atom. The van der Waals surface area contributed by atoms with Crippen molar-refractivity contribution in [3.05, 3.63) is 89.0 Å². The summed E-state index contributed by atoms with van der Waals surface area (Å²) in [4.78, 5) is 13.1. The maximum atomic E-state index is 13.3. The number of aryl methyl sites for hydroxylation is 4. The van der Waals surface area contributed by atoms with Crippen molar-refractivity contribution >= 4 is 21.6 Å². The predicted octanol–water partition coefficient (Wildman–Crippen LogP) is 4.72. The van der Waals surface area contributed by atoms with Gasteiger partial charge in [-0.1, -0.05) is 41.5 Å². The van der Waals surface area contributed by atoms with Crippen molar-refractivity contribution in [2.45, 2.75) is 32.6 Å². The van der Waals surface area contributed by atoms with Gasteiger partial charge in [0, 0.05) is 0 Å². The highest BCUT2D eigenvalue weighted by Gasteiger charge is 2.31. The molecule has 1 amide bonds. The Balaban J connectivity index is 1.94. The molecule has 0 heterocycles. The lowest BCUT2D eigenvalue weighted by Crippen LogP contribution is -2.40. The third kappa shape index (κ3) is 4.71. The molecule has 0 spiro atoms. The fraction of sp³-hybridized carbons (Fsp3) is 0.208. The van der Waals surface area contributed by atoms with E-state index in [1.165, 1.54) is 12.1 Å². The highest BCUT2D eigenvalue weighted by Crippen LogP contribution is 2.25. The number of carbonyl (C=O) groups excluding carboxylic acids is 1. The summed E-state index contributed by atoms with van der Waals surface area (Å²) in [7, 11) is -4.10. The lowest BCUT2D eigenvalue weighted by molar-refractivity contribution is -0.119. The molecule has 0 saturated carbocycles. The van der Waals surface area contributed by atoms with Crippen LogP contribution < -0.4 is 9.04 Å². The lowest BCUT2D eigenvalue weighted by Gasteiger charge is -2.23. The molecule has 0 radical (unpaired) electrons. The summed E-state index contributed by atoms with van der Waals surface area (Å²) in [6, 6.07) is 18.7. The predicted molar refractivity (Wildman–Crippen MR) is 118 cm³/mol. The standard InChI is InChI=1S/C24H25NO4S/c1-17-5-10-21(11-6-17)25(30(27,28)23-13-7-18(2)8-14-23)24(26)16-29-22-12-9-19(3)20(4)15-22/h5-15H,16H2,1-4H3. The van der Waals surface area contributed by atoms with E-state index in [1.807, 2.05) is 39.8 Å². The van der Waals surface area contributed by atoms with Crippen LogP contribution in [0.4, 0.5) is 5.69 Å². The van der Waals surface area contributed by atoms with Crippen molar-refractivity contribution in [3.8, 4) is 5.75 Å². The van der Waals surface area contributed by atoms with E-state index < -0.39 is 22.5 Å². The second-order valence-electron chi connectivity index (χ2n) is 7.35. The monoisotopic (exact) mass is 423 g/mol. The van der Waals surface area contributed by atoms with Crippen molar-refractivity contribution in [1.82, 2.24) is 0 Å². The highest BCUT2D eigenvalue weighted by molar-refractivity contribution is 7.93. The Kier molecular flexibility index (Phi) is 6.27. The van der Waals surface area contributed by atoms with Gasteiger partial charge in [-0.05, 0) is 75.2 Å². The molecule has 6 heteroatoms. The summed E-state index contributed by atoms with van der Waals surface area (Å²) >= 11 is 0. The summed E-state index contributed by atoms with van der Waals surface area (Å²) in [5, 5.41) is 0. The first-order chi connectivity index (χ1) is 14.2. The molecule has 3 rings (SSSR count). The second kappa shape index (κ2) is 8.71. The molecule has 30 heavy (non-hydrogen) atoms. The summed E-state index contributed by atoms with van der Waals surface area (Å²) in [6.45, 7) is 7.30. The van der Waals surface area contributed by atoms with Gasteiger partial charge in [-0.2, -0.15) is 4.31 Å². The summed E-state index contributed by atoms with van der Waals surface area (Å²) in [5.41, 5.74) is 4.31. The van der Waals surface area contributed by atoms with Crippen LogP contribution in [0.1, 0.15) is 22.3 Å². The van der Waals surface area contributed by atoms with Crippen molar-refractivity contribution in [2.75, 3.05) is 10.9 Å². The molecular formula is C24H25NO4S. The fourth-order valence-corrected chi connectivity index (χ4v) is 4.33. The van der Waals surface area contributed by atoms with E-state index in [9.17, 15) is 13.2 Å². The van der Waals surface area contributed by atoms with Crippen LogP contribution in [0.25, 0.3) is 0 Å². The lowest BCUT2D eigenvalue weighted by atomic mass is 10.1. The van der Waals surface area contributed by atoms with E-state index >= 15 is 0 Å². The number of anilines is 1. The number of amides is 1. The van der Waals surface area contributed by atoms with Gasteiger partial charge >= 0.3 is 0 Å². The number of hydrogen-bond acceptors (Lipinski definition) is 4. The van der Waals surface area contributed by atoms with Gasteiger partial charge in [0.15, 0.2) is 6.61 Å². The molecule has 0 N–H and O–H groups in total.